The van der Waals surface area contributed by atoms with Gasteiger partial charge >= 0.3 is 0 Å². The molecule has 1 aromatic heterocycles. The molecule has 0 radical (unpaired) electrons. The molecular weight excluding hydrogens is 252 g/mol. The molecule has 1 fully saturated rings. The molecule has 0 bridgehead atoms. The summed E-state index contributed by atoms with van der Waals surface area (Å²) in [5, 5.41) is 10.6. The molecule has 4 unspecified atom stereocenters. The number of thiophene rings is 1. The van der Waals surface area contributed by atoms with Crippen LogP contribution in [0.3, 0.4) is 0 Å². The smallest absolute Gasteiger partial charge is 0.0910 e. The van der Waals surface area contributed by atoms with Crippen molar-refractivity contribution in [1.29, 1.82) is 0 Å². The second kappa shape index (κ2) is 5.57. The fourth-order valence-electron chi connectivity index (χ4n) is 3.02. The summed E-state index contributed by atoms with van der Waals surface area (Å²) in [6.07, 6.45) is 3.36. The minimum Gasteiger partial charge on any atom is -0.387 e. The van der Waals surface area contributed by atoms with E-state index in [1.807, 2.05) is 0 Å². The summed E-state index contributed by atoms with van der Waals surface area (Å²) >= 11 is 1.79. The van der Waals surface area contributed by atoms with Crippen LogP contribution >= 0.6 is 11.3 Å². The van der Waals surface area contributed by atoms with Crippen molar-refractivity contribution in [2.75, 3.05) is 0 Å². The van der Waals surface area contributed by atoms with E-state index in [-0.39, 0.29) is 11.5 Å². The molecule has 108 valence electrons. The first kappa shape index (κ1) is 15.1. The van der Waals surface area contributed by atoms with E-state index in [1.54, 1.807) is 11.3 Å². The number of hydrogen-bond donors (Lipinski definition) is 1. The molecule has 4 atom stereocenters. The third-order valence-electron chi connectivity index (χ3n) is 4.74. The van der Waals surface area contributed by atoms with Crippen LogP contribution in [0.1, 0.15) is 69.7 Å². The Labute approximate surface area is 122 Å². The lowest BCUT2D eigenvalue weighted by molar-refractivity contribution is 0.0585. The number of aliphatic hydroxyl groups is 1. The number of rotatable bonds is 2. The summed E-state index contributed by atoms with van der Waals surface area (Å²) < 4.78 is 0. The average Bonchev–Trinajstić information content (AvgIpc) is 2.81. The van der Waals surface area contributed by atoms with Gasteiger partial charge in [-0.3, -0.25) is 0 Å². The van der Waals surface area contributed by atoms with Gasteiger partial charge in [0.05, 0.1) is 6.10 Å². The summed E-state index contributed by atoms with van der Waals surface area (Å²) in [5.74, 6) is 2.02. The van der Waals surface area contributed by atoms with Crippen LogP contribution in [0.25, 0.3) is 0 Å². The summed E-state index contributed by atoms with van der Waals surface area (Å²) in [5.41, 5.74) is 0.191. The zero-order valence-electron chi connectivity index (χ0n) is 12.9. The second-order valence-corrected chi connectivity index (χ2v) is 8.54. The SMILES string of the molecule is CC1CCC(C(O)c2ccc(C(C)(C)C)s2)CC1C. The van der Waals surface area contributed by atoms with Crippen LogP contribution in [0.5, 0.6) is 0 Å². The normalized spacial score (nSPS) is 30.3. The molecule has 2 heteroatoms. The summed E-state index contributed by atoms with van der Waals surface area (Å²) in [6.45, 7) is 11.4. The van der Waals surface area contributed by atoms with Crippen molar-refractivity contribution in [2.24, 2.45) is 17.8 Å². The van der Waals surface area contributed by atoms with Crippen molar-refractivity contribution in [3.05, 3.63) is 21.9 Å². The van der Waals surface area contributed by atoms with Gasteiger partial charge in [-0.1, -0.05) is 41.0 Å². The predicted octanol–water partition coefficient (Wildman–Crippen LogP) is 5.15. The van der Waals surface area contributed by atoms with Gasteiger partial charge in [-0.2, -0.15) is 0 Å². The van der Waals surface area contributed by atoms with Gasteiger partial charge in [-0.15, -0.1) is 11.3 Å². The Morgan fingerprint density at radius 3 is 2.37 bits per heavy atom. The summed E-state index contributed by atoms with van der Waals surface area (Å²) in [6, 6.07) is 4.33. The molecule has 1 aliphatic rings. The summed E-state index contributed by atoms with van der Waals surface area (Å²) in [7, 11) is 0. The van der Waals surface area contributed by atoms with Crippen LogP contribution in [0.15, 0.2) is 12.1 Å². The van der Waals surface area contributed by atoms with Gasteiger partial charge < -0.3 is 5.11 Å². The molecule has 1 aromatic rings. The maximum Gasteiger partial charge on any atom is 0.0910 e. The zero-order valence-corrected chi connectivity index (χ0v) is 13.8. The molecule has 1 N–H and O–H groups in total. The van der Waals surface area contributed by atoms with E-state index in [4.69, 9.17) is 0 Å². The van der Waals surface area contributed by atoms with Crippen LogP contribution < -0.4 is 0 Å². The largest absolute Gasteiger partial charge is 0.387 e. The van der Waals surface area contributed by atoms with Crippen molar-refractivity contribution in [2.45, 2.75) is 65.4 Å². The van der Waals surface area contributed by atoms with Crippen molar-refractivity contribution in [1.82, 2.24) is 0 Å². The van der Waals surface area contributed by atoms with Gasteiger partial charge in [-0.05, 0) is 48.1 Å². The lowest BCUT2D eigenvalue weighted by Crippen LogP contribution is -2.24. The highest BCUT2D eigenvalue weighted by atomic mass is 32.1. The molecule has 1 aliphatic carbocycles. The highest BCUT2D eigenvalue weighted by Gasteiger charge is 2.31. The standard InChI is InChI=1S/C17H28OS/c1-11-6-7-13(10-12(11)2)16(18)14-8-9-15(19-14)17(3,4)5/h8-9,11-13,16,18H,6-7,10H2,1-5H3. The van der Waals surface area contributed by atoms with Crippen molar-refractivity contribution in [3.8, 4) is 0 Å². The molecule has 0 aliphatic heterocycles. The Hall–Kier alpha value is -0.340. The van der Waals surface area contributed by atoms with Crippen molar-refractivity contribution in [3.63, 3.8) is 0 Å². The Bertz CT molecular complexity index is 415. The molecule has 0 amide bonds. The van der Waals surface area contributed by atoms with Gasteiger partial charge in [0, 0.05) is 9.75 Å². The third kappa shape index (κ3) is 3.41. The lowest BCUT2D eigenvalue weighted by atomic mass is 9.74. The molecule has 0 saturated heterocycles. The Morgan fingerprint density at radius 2 is 1.84 bits per heavy atom. The zero-order chi connectivity index (χ0) is 14.2. The van der Waals surface area contributed by atoms with Crippen LogP contribution in [-0.2, 0) is 5.41 Å². The lowest BCUT2D eigenvalue weighted by Gasteiger charge is -2.34. The van der Waals surface area contributed by atoms with E-state index in [2.05, 4.69) is 46.8 Å². The maximum absolute atomic E-state index is 10.6. The highest BCUT2D eigenvalue weighted by molar-refractivity contribution is 7.12. The Balaban J connectivity index is 2.07. The fourth-order valence-corrected chi connectivity index (χ4v) is 4.17. The van der Waals surface area contributed by atoms with Gasteiger partial charge in [0.25, 0.3) is 0 Å². The van der Waals surface area contributed by atoms with Gasteiger partial charge in [0.2, 0.25) is 0 Å². The maximum atomic E-state index is 10.6. The Morgan fingerprint density at radius 1 is 1.16 bits per heavy atom. The monoisotopic (exact) mass is 280 g/mol. The van der Waals surface area contributed by atoms with Crippen LogP contribution in [0.2, 0.25) is 0 Å². The molecule has 2 rings (SSSR count). The molecule has 0 spiro atoms. The topological polar surface area (TPSA) is 20.2 Å². The molecule has 1 saturated carbocycles. The molecular formula is C17H28OS. The molecule has 19 heavy (non-hydrogen) atoms. The first-order chi connectivity index (χ1) is 8.79. The third-order valence-corrected chi connectivity index (χ3v) is 6.32. The van der Waals surface area contributed by atoms with Crippen LogP contribution in [-0.4, -0.2) is 5.11 Å². The molecule has 0 aromatic carbocycles. The minimum atomic E-state index is -0.254. The summed E-state index contributed by atoms with van der Waals surface area (Å²) in [4.78, 5) is 2.54. The van der Waals surface area contributed by atoms with Crippen LogP contribution in [0.4, 0.5) is 0 Å². The van der Waals surface area contributed by atoms with Gasteiger partial charge in [-0.25, -0.2) is 0 Å². The van der Waals surface area contributed by atoms with E-state index in [1.165, 1.54) is 24.1 Å². The van der Waals surface area contributed by atoms with Crippen LogP contribution in [0, 0.1) is 17.8 Å². The number of aliphatic hydroxyl groups excluding tert-OH is 1. The molecule has 1 nitrogen and oxygen atoms in total. The quantitative estimate of drug-likeness (QED) is 0.794. The van der Waals surface area contributed by atoms with E-state index in [9.17, 15) is 5.11 Å². The number of hydrogen-bond acceptors (Lipinski definition) is 2. The first-order valence-corrected chi connectivity index (χ1v) is 8.39. The van der Waals surface area contributed by atoms with E-state index >= 15 is 0 Å². The predicted molar refractivity (Wildman–Crippen MR) is 83.6 cm³/mol. The van der Waals surface area contributed by atoms with E-state index in [0.29, 0.717) is 5.92 Å². The first-order valence-electron chi connectivity index (χ1n) is 7.57. The van der Waals surface area contributed by atoms with Gasteiger partial charge in [0.1, 0.15) is 0 Å². The Kier molecular flexibility index (Phi) is 4.42. The van der Waals surface area contributed by atoms with Gasteiger partial charge in [0.15, 0.2) is 0 Å². The van der Waals surface area contributed by atoms with E-state index < -0.39 is 0 Å². The van der Waals surface area contributed by atoms with Crippen molar-refractivity contribution >= 4 is 11.3 Å². The minimum absolute atomic E-state index is 0.191. The second-order valence-electron chi connectivity index (χ2n) is 7.42. The fraction of sp³-hybridized carbons (Fsp3) is 0.765. The highest BCUT2D eigenvalue weighted by Crippen LogP contribution is 2.42. The molecule has 1 heterocycles. The van der Waals surface area contributed by atoms with Crippen molar-refractivity contribution < 1.29 is 5.11 Å². The van der Waals surface area contributed by atoms with E-state index in [0.717, 1.165) is 16.7 Å². The average molecular weight is 280 g/mol.